The number of hydrogen-bond donors (Lipinski definition) is 1. The van der Waals surface area contributed by atoms with Gasteiger partial charge < -0.3 is 10.2 Å². The van der Waals surface area contributed by atoms with E-state index in [1.165, 1.54) is 45.1 Å². The summed E-state index contributed by atoms with van der Waals surface area (Å²) in [5.74, 6) is 0. The molecule has 0 aromatic carbocycles. The van der Waals surface area contributed by atoms with Crippen molar-refractivity contribution < 1.29 is 0 Å². The van der Waals surface area contributed by atoms with E-state index in [4.69, 9.17) is 0 Å². The third-order valence-corrected chi connectivity index (χ3v) is 3.60. The van der Waals surface area contributed by atoms with Crippen LogP contribution in [0.2, 0.25) is 0 Å². The Hall–Kier alpha value is -0.0800. The average molecular weight is 242 g/mol. The Labute approximate surface area is 109 Å². The Morgan fingerprint density at radius 3 is 2.29 bits per heavy atom. The summed E-state index contributed by atoms with van der Waals surface area (Å²) in [4.78, 5) is 2.51. The van der Waals surface area contributed by atoms with E-state index in [2.05, 4.69) is 45.0 Å². The first kappa shape index (κ1) is 16.9. The molecule has 0 saturated heterocycles. The van der Waals surface area contributed by atoms with E-state index < -0.39 is 0 Å². The quantitative estimate of drug-likeness (QED) is 0.556. The molecular weight excluding hydrogens is 208 g/mol. The fraction of sp³-hybridized carbons (Fsp3) is 1.00. The van der Waals surface area contributed by atoms with Crippen LogP contribution in [0.3, 0.4) is 0 Å². The van der Waals surface area contributed by atoms with Crippen molar-refractivity contribution in [2.45, 2.75) is 78.3 Å². The van der Waals surface area contributed by atoms with Crippen molar-refractivity contribution in [1.82, 2.24) is 10.2 Å². The van der Waals surface area contributed by atoms with E-state index in [1.807, 2.05) is 0 Å². The molecular formula is C15H34N2. The third kappa shape index (κ3) is 9.61. The van der Waals surface area contributed by atoms with Crippen molar-refractivity contribution in [2.75, 3.05) is 20.1 Å². The molecule has 0 aromatic heterocycles. The molecule has 0 fully saturated rings. The van der Waals surface area contributed by atoms with Gasteiger partial charge in [-0.3, -0.25) is 0 Å². The second kappa shape index (κ2) is 11.0. The average Bonchev–Trinajstić information content (AvgIpc) is 2.32. The van der Waals surface area contributed by atoms with Crippen LogP contribution in [0.4, 0.5) is 0 Å². The summed E-state index contributed by atoms with van der Waals surface area (Å²) < 4.78 is 0. The number of hydrogen-bond acceptors (Lipinski definition) is 2. The van der Waals surface area contributed by atoms with Gasteiger partial charge in [-0.25, -0.2) is 0 Å². The topological polar surface area (TPSA) is 15.3 Å². The predicted octanol–water partition coefficient (Wildman–Crippen LogP) is 3.67. The lowest BCUT2D eigenvalue weighted by molar-refractivity contribution is 0.238. The van der Waals surface area contributed by atoms with Gasteiger partial charge in [0.2, 0.25) is 0 Å². The van der Waals surface area contributed by atoms with Gasteiger partial charge in [0.1, 0.15) is 0 Å². The van der Waals surface area contributed by atoms with Gasteiger partial charge in [0.15, 0.2) is 0 Å². The summed E-state index contributed by atoms with van der Waals surface area (Å²) in [7, 11) is 2.26. The first-order chi connectivity index (χ1) is 8.11. The highest BCUT2D eigenvalue weighted by molar-refractivity contribution is 4.64. The monoisotopic (exact) mass is 242 g/mol. The molecule has 1 N–H and O–H groups in total. The molecule has 0 radical (unpaired) electrons. The Kier molecular flexibility index (Phi) is 11.0. The lowest BCUT2D eigenvalue weighted by atomic mass is 10.1. The minimum absolute atomic E-state index is 0.688. The fourth-order valence-electron chi connectivity index (χ4n) is 2.16. The predicted molar refractivity (Wildman–Crippen MR) is 78.6 cm³/mol. The molecule has 0 bridgehead atoms. The maximum absolute atomic E-state index is 3.55. The van der Waals surface area contributed by atoms with Crippen LogP contribution < -0.4 is 5.32 Å². The Bertz CT molecular complexity index is 159. The van der Waals surface area contributed by atoms with Gasteiger partial charge in [0.25, 0.3) is 0 Å². The number of nitrogens with zero attached hydrogens (tertiary/aromatic N) is 1. The molecule has 0 aliphatic carbocycles. The number of nitrogens with one attached hydrogen (secondary N) is 1. The molecule has 0 amide bonds. The number of rotatable bonds is 11. The van der Waals surface area contributed by atoms with Gasteiger partial charge >= 0.3 is 0 Å². The van der Waals surface area contributed by atoms with Crippen LogP contribution in [0.25, 0.3) is 0 Å². The standard InChI is InChI=1S/C15H34N2/c1-6-10-15(4)17(5)13-9-8-11-14(3)16-12-7-2/h14-16H,6-13H2,1-5H3. The molecule has 0 rings (SSSR count). The molecule has 2 nitrogen and oxygen atoms in total. The van der Waals surface area contributed by atoms with Crippen LogP contribution in [-0.2, 0) is 0 Å². The van der Waals surface area contributed by atoms with Crippen LogP contribution in [0, 0.1) is 0 Å². The number of unbranched alkanes of at least 4 members (excludes halogenated alkanes) is 1. The molecule has 0 aliphatic rings. The van der Waals surface area contributed by atoms with E-state index in [-0.39, 0.29) is 0 Å². The molecule has 0 aliphatic heterocycles. The summed E-state index contributed by atoms with van der Waals surface area (Å²) in [6.07, 6.45) is 7.86. The van der Waals surface area contributed by atoms with Crippen LogP contribution in [-0.4, -0.2) is 37.1 Å². The van der Waals surface area contributed by atoms with Gasteiger partial charge in [-0.1, -0.05) is 26.7 Å². The first-order valence-corrected chi connectivity index (χ1v) is 7.55. The van der Waals surface area contributed by atoms with Crippen LogP contribution >= 0.6 is 0 Å². The van der Waals surface area contributed by atoms with E-state index in [1.54, 1.807) is 0 Å². The lowest BCUT2D eigenvalue weighted by Crippen LogP contribution is -2.30. The van der Waals surface area contributed by atoms with E-state index in [0.29, 0.717) is 6.04 Å². The zero-order valence-corrected chi connectivity index (χ0v) is 12.8. The molecule has 0 spiro atoms. The van der Waals surface area contributed by atoms with Gasteiger partial charge in [0, 0.05) is 12.1 Å². The molecule has 2 atom stereocenters. The Morgan fingerprint density at radius 1 is 1.00 bits per heavy atom. The van der Waals surface area contributed by atoms with Crippen molar-refractivity contribution in [3.05, 3.63) is 0 Å². The minimum Gasteiger partial charge on any atom is -0.314 e. The normalized spacial score (nSPS) is 15.2. The zero-order valence-electron chi connectivity index (χ0n) is 12.8. The van der Waals surface area contributed by atoms with Gasteiger partial charge in [-0.2, -0.15) is 0 Å². The van der Waals surface area contributed by atoms with Crippen LogP contribution in [0.1, 0.15) is 66.2 Å². The first-order valence-electron chi connectivity index (χ1n) is 7.55. The summed E-state index contributed by atoms with van der Waals surface area (Å²) in [5.41, 5.74) is 0. The SMILES string of the molecule is CCCNC(C)CCCCN(C)C(C)CCC. The fourth-order valence-corrected chi connectivity index (χ4v) is 2.16. The lowest BCUT2D eigenvalue weighted by Gasteiger charge is -2.24. The van der Waals surface area contributed by atoms with Crippen molar-refractivity contribution in [3.63, 3.8) is 0 Å². The molecule has 0 heterocycles. The smallest absolute Gasteiger partial charge is 0.00637 e. The van der Waals surface area contributed by atoms with Gasteiger partial charge in [-0.05, 0) is 59.7 Å². The highest BCUT2D eigenvalue weighted by Crippen LogP contribution is 2.07. The van der Waals surface area contributed by atoms with Crippen molar-refractivity contribution in [3.8, 4) is 0 Å². The second-order valence-electron chi connectivity index (χ2n) is 5.47. The molecule has 2 heteroatoms. The summed E-state index contributed by atoms with van der Waals surface area (Å²) >= 11 is 0. The van der Waals surface area contributed by atoms with E-state index >= 15 is 0 Å². The van der Waals surface area contributed by atoms with Crippen LogP contribution in [0.5, 0.6) is 0 Å². The molecule has 2 unspecified atom stereocenters. The van der Waals surface area contributed by atoms with E-state index in [0.717, 1.165) is 12.6 Å². The highest BCUT2D eigenvalue weighted by atomic mass is 15.1. The summed E-state index contributed by atoms with van der Waals surface area (Å²) in [6.45, 7) is 11.6. The second-order valence-corrected chi connectivity index (χ2v) is 5.47. The summed E-state index contributed by atoms with van der Waals surface area (Å²) in [6, 6.07) is 1.43. The largest absolute Gasteiger partial charge is 0.314 e. The minimum atomic E-state index is 0.688. The van der Waals surface area contributed by atoms with Gasteiger partial charge in [0.05, 0.1) is 0 Å². The highest BCUT2D eigenvalue weighted by Gasteiger charge is 2.07. The maximum Gasteiger partial charge on any atom is 0.00637 e. The zero-order chi connectivity index (χ0) is 13.1. The van der Waals surface area contributed by atoms with Crippen molar-refractivity contribution in [2.24, 2.45) is 0 Å². The van der Waals surface area contributed by atoms with Gasteiger partial charge in [-0.15, -0.1) is 0 Å². The van der Waals surface area contributed by atoms with Crippen LogP contribution in [0.15, 0.2) is 0 Å². The van der Waals surface area contributed by atoms with Crippen molar-refractivity contribution in [1.29, 1.82) is 0 Å². The molecule has 17 heavy (non-hydrogen) atoms. The molecule has 0 saturated carbocycles. The third-order valence-electron chi connectivity index (χ3n) is 3.60. The maximum atomic E-state index is 3.55. The Balaban J connectivity index is 3.43. The molecule has 104 valence electrons. The Morgan fingerprint density at radius 2 is 1.71 bits per heavy atom. The molecule has 0 aromatic rings. The summed E-state index contributed by atoms with van der Waals surface area (Å²) in [5, 5.41) is 3.55. The van der Waals surface area contributed by atoms with Crippen molar-refractivity contribution >= 4 is 0 Å². The van der Waals surface area contributed by atoms with E-state index in [9.17, 15) is 0 Å².